The van der Waals surface area contributed by atoms with Crippen molar-refractivity contribution in [3.8, 4) is 16.9 Å². The van der Waals surface area contributed by atoms with Crippen LogP contribution in [0.4, 0.5) is 17.3 Å². The largest absolute Gasteiger partial charge is 0.496 e. The maximum atomic E-state index is 13.6. The summed E-state index contributed by atoms with van der Waals surface area (Å²) in [4.78, 5) is 77.7. The molecule has 1 saturated heterocycles. The SMILES string of the molecule is CCn1nc(C2CC2)cc1Nc1nc(C(=O)NCCOCCOCCOCCC(=O)Nc2cccc3c2CN(C2CCC(=O)NC2=O)C3=O)nc2[nH]c3cc(-c4c(C)noc4C)c(OC)cc3c12. The Hall–Kier alpha value is -7.23. The van der Waals surface area contributed by atoms with Crippen molar-refractivity contribution in [3.05, 3.63) is 70.5 Å². The third kappa shape index (κ3) is 9.62. The molecule has 68 heavy (non-hydrogen) atoms. The lowest BCUT2D eigenvalue weighted by molar-refractivity contribution is -0.137. The Kier molecular flexibility index (Phi) is 13.5. The van der Waals surface area contributed by atoms with E-state index in [0.717, 1.165) is 52.1 Å². The van der Waals surface area contributed by atoms with Gasteiger partial charge < -0.3 is 49.3 Å². The molecule has 2 aromatic carbocycles. The van der Waals surface area contributed by atoms with E-state index in [1.54, 1.807) is 25.3 Å². The van der Waals surface area contributed by atoms with Gasteiger partial charge in [-0.15, -0.1) is 0 Å². The van der Waals surface area contributed by atoms with Crippen LogP contribution < -0.4 is 26.0 Å². The quantitative estimate of drug-likeness (QED) is 0.0480. The molecule has 0 spiro atoms. The van der Waals surface area contributed by atoms with Gasteiger partial charge in [0.2, 0.25) is 23.5 Å². The molecule has 5 amide bonds. The molecule has 0 radical (unpaired) electrons. The first-order chi connectivity index (χ1) is 33.0. The number of fused-ring (bicyclic) bond motifs is 4. The number of methoxy groups -OCH3 is 1. The summed E-state index contributed by atoms with van der Waals surface area (Å²) < 4.78 is 30.1. The number of hydrogen-bond donors (Lipinski definition) is 5. The van der Waals surface area contributed by atoms with E-state index in [9.17, 15) is 24.0 Å². The van der Waals surface area contributed by atoms with Crippen molar-refractivity contribution >= 4 is 68.8 Å². The first kappa shape index (κ1) is 45.9. The number of nitrogens with zero attached hydrogens (tertiary/aromatic N) is 6. The average molecular weight is 932 g/mol. The predicted octanol–water partition coefficient (Wildman–Crippen LogP) is 4.80. The molecule has 6 aromatic rings. The average Bonchev–Trinajstić information content (AvgIpc) is 3.70. The zero-order valence-electron chi connectivity index (χ0n) is 38.3. The van der Waals surface area contributed by atoms with Gasteiger partial charge in [-0.25, -0.2) is 14.6 Å². The number of rotatable bonds is 21. The van der Waals surface area contributed by atoms with Gasteiger partial charge >= 0.3 is 0 Å². The van der Waals surface area contributed by atoms with Crippen molar-refractivity contribution < 1.29 is 47.4 Å². The van der Waals surface area contributed by atoms with Crippen LogP contribution >= 0.6 is 0 Å². The Morgan fingerprint density at radius 1 is 0.941 bits per heavy atom. The van der Waals surface area contributed by atoms with Gasteiger partial charge in [-0.3, -0.25) is 29.3 Å². The summed E-state index contributed by atoms with van der Waals surface area (Å²) >= 11 is 0. The van der Waals surface area contributed by atoms with Gasteiger partial charge in [0.25, 0.3) is 11.8 Å². The van der Waals surface area contributed by atoms with Crippen molar-refractivity contribution in [2.24, 2.45) is 0 Å². The molecular weight excluding hydrogens is 879 g/mol. The third-order valence-corrected chi connectivity index (χ3v) is 12.2. The summed E-state index contributed by atoms with van der Waals surface area (Å²) in [5, 5.41) is 21.9. The third-order valence-electron chi connectivity index (χ3n) is 12.2. The molecule has 1 unspecified atom stereocenters. The normalized spacial score (nSPS) is 15.9. The lowest BCUT2D eigenvalue weighted by Gasteiger charge is -2.29. The number of imide groups is 1. The van der Waals surface area contributed by atoms with E-state index < -0.39 is 17.9 Å². The first-order valence-electron chi connectivity index (χ1n) is 22.8. The Morgan fingerprint density at radius 2 is 1.72 bits per heavy atom. The Balaban J connectivity index is 0.736. The molecule has 5 N–H and O–H groups in total. The van der Waals surface area contributed by atoms with Gasteiger partial charge in [0.1, 0.15) is 34.8 Å². The van der Waals surface area contributed by atoms with E-state index in [-0.39, 0.29) is 88.9 Å². The molecule has 1 atom stereocenters. The molecule has 1 aliphatic carbocycles. The zero-order valence-corrected chi connectivity index (χ0v) is 38.3. The molecular formula is C47H53N11O10. The number of hydrogen-bond acceptors (Lipinski definition) is 15. The minimum absolute atomic E-state index is 0.0336. The Labute approximate surface area is 390 Å². The molecule has 6 heterocycles. The minimum atomic E-state index is -0.744. The smallest absolute Gasteiger partial charge is 0.289 e. The van der Waals surface area contributed by atoms with Gasteiger partial charge in [0.15, 0.2) is 0 Å². The second-order valence-electron chi connectivity index (χ2n) is 16.8. The number of ether oxygens (including phenoxy) is 4. The molecule has 4 aromatic heterocycles. The number of benzene rings is 2. The lowest BCUT2D eigenvalue weighted by Crippen LogP contribution is -2.52. The number of anilines is 3. The molecule has 356 valence electrons. The fourth-order valence-corrected chi connectivity index (χ4v) is 8.66. The van der Waals surface area contributed by atoms with Crippen molar-refractivity contribution in [2.45, 2.75) is 77.9 Å². The van der Waals surface area contributed by atoms with E-state index in [0.29, 0.717) is 64.2 Å². The topological polar surface area (TPSA) is 259 Å². The fourth-order valence-electron chi connectivity index (χ4n) is 8.66. The van der Waals surface area contributed by atoms with Crippen LogP contribution in [0.2, 0.25) is 0 Å². The van der Waals surface area contributed by atoms with Crippen LogP contribution in [0, 0.1) is 13.8 Å². The number of aromatic amines is 1. The van der Waals surface area contributed by atoms with Crippen molar-refractivity contribution in [1.82, 2.24) is 45.4 Å². The number of nitrogens with one attached hydrogen (secondary N) is 5. The van der Waals surface area contributed by atoms with Crippen LogP contribution in [-0.2, 0) is 41.7 Å². The highest BCUT2D eigenvalue weighted by Gasteiger charge is 2.40. The fraction of sp³-hybridized carbons (Fsp3) is 0.426. The highest BCUT2D eigenvalue weighted by molar-refractivity contribution is 6.14. The molecule has 1 saturated carbocycles. The molecule has 2 fully saturated rings. The molecule has 3 aliphatic rings. The lowest BCUT2D eigenvalue weighted by atomic mass is 10.0. The van der Waals surface area contributed by atoms with Crippen LogP contribution in [0.3, 0.4) is 0 Å². The maximum absolute atomic E-state index is 13.6. The molecule has 21 nitrogen and oxygen atoms in total. The predicted molar refractivity (Wildman–Crippen MR) is 247 cm³/mol. The summed E-state index contributed by atoms with van der Waals surface area (Å²) in [7, 11) is 1.61. The number of carbonyl (C=O) groups is 5. The number of aromatic nitrogens is 6. The van der Waals surface area contributed by atoms with Crippen molar-refractivity contribution in [1.29, 1.82) is 0 Å². The minimum Gasteiger partial charge on any atom is -0.496 e. The van der Waals surface area contributed by atoms with E-state index in [1.165, 1.54) is 4.90 Å². The van der Waals surface area contributed by atoms with E-state index in [1.807, 2.05) is 43.7 Å². The monoisotopic (exact) mass is 931 g/mol. The summed E-state index contributed by atoms with van der Waals surface area (Å²) in [5.41, 5.74) is 6.14. The summed E-state index contributed by atoms with van der Waals surface area (Å²) in [6.45, 7) is 8.24. The molecule has 9 rings (SSSR count). The van der Waals surface area contributed by atoms with Crippen LogP contribution in [0.25, 0.3) is 33.1 Å². The van der Waals surface area contributed by atoms with Crippen LogP contribution in [-0.4, -0.2) is 124 Å². The van der Waals surface area contributed by atoms with Gasteiger partial charge in [0.05, 0.1) is 75.5 Å². The van der Waals surface area contributed by atoms with Gasteiger partial charge in [0, 0.05) is 71.3 Å². The van der Waals surface area contributed by atoms with Crippen LogP contribution in [0.15, 0.2) is 40.9 Å². The van der Waals surface area contributed by atoms with Crippen LogP contribution in [0.5, 0.6) is 5.75 Å². The van der Waals surface area contributed by atoms with Crippen LogP contribution in [0.1, 0.15) is 88.6 Å². The highest BCUT2D eigenvalue weighted by atomic mass is 16.5. The van der Waals surface area contributed by atoms with Gasteiger partial charge in [-0.2, -0.15) is 5.10 Å². The Bertz CT molecular complexity index is 2900. The summed E-state index contributed by atoms with van der Waals surface area (Å²) in [6.07, 6.45) is 2.71. The van der Waals surface area contributed by atoms with E-state index in [4.69, 9.17) is 33.6 Å². The zero-order chi connectivity index (χ0) is 47.5. The first-order valence-corrected chi connectivity index (χ1v) is 22.8. The molecule has 21 heteroatoms. The van der Waals surface area contributed by atoms with Gasteiger partial charge in [-0.05, 0) is 64.3 Å². The van der Waals surface area contributed by atoms with Crippen molar-refractivity contribution in [2.75, 3.05) is 63.9 Å². The van der Waals surface area contributed by atoms with E-state index in [2.05, 4.69) is 36.4 Å². The second kappa shape index (κ2) is 19.9. The molecule has 2 aliphatic heterocycles. The molecule has 0 bridgehead atoms. The number of H-pyrrole nitrogens is 1. The number of piperidine rings is 1. The van der Waals surface area contributed by atoms with Gasteiger partial charge in [-0.1, -0.05) is 11.2 Å². The van der Waals surface area contributed by atoms with Crippen molar-refractivity contribution in [3.63, 3.8) is 0 Å². The summed E-state index contributed by atoms with van der Waals surface area (Å²) in [5.74, 6) is 0.953. The maximum Gasteiger partial charge on any atom is 0.289 e. The highest BCUT2D eigenvalue weighted by Crippen LogP contribution is 2.43. The number of amides is 5. The number of carbonyl (C=O) groups excluding carboxylic acids is 5. The summed E-state index contributed by atoms with van der Waals surface area (Å²) in [6, 6.07) is 10.2. The standard InChI is InChI=1S/C47H53N11O10/c1-5-58-37(23-33(55-58)27-9-10-27)51-43-41-29-22-36(64-4)30(40-25(2)56-68-26(40)3)21-34(29)50-42(41)53-44(54-43)46(62)48-14-16-66-18-20-67-19-17-65-15-13-39(60)49-32-8-6-7-28-31(32)24-57(47(28)63)35-11-12-38(59)52-45(35)61/h6-8,21-23,27,35H,5,9-20,24H2,1-4H3,(H,48,62)(H,49,60)(H,52,59,61)(H2,50,51,53,54). The number of aryl methyl sites for hydroxylation is 3. The van der Waals surface area contributed by atoms with E-state index >= 15 is 0 Å². The second-order valence-corrected chi connectivity index (χ2v) is 16.8. The Morgan fingerprint density at radius 3 is 2.44 bits per heavy atom.